The molecule has 6 heteroatoms. The quantitative estimate of drug-likeness (QED) is 0.207. The van der Waals surface area contributed by atoms with Gasteiger partial charge in [-0.15, -0.1) is 0 Å². The van der Waals surface area contributed by atoms with E-state index in [1.54, 1.807) is 6.92 Å². The molecule has 0 radical (unpaired) electrons. The lowest BCUT2D eigenvalue weighted by atomic mass is 9.98. The van der Waals surface area contributed by atoms with Crippen molar-refractivity contribution in [3.63, 3.8) is 0 Å². The number of hydrogen-bond donors (Lipinski definition) is 0. The predicted octanol–water partition coefficient (Wildman–Crippen LogP) is 7.10. The molecule has 4 aromatic carbocycles. The van der Waals surface area contributed by atoms with Crippen LogP contribution >= 0.6 is 0 Å². The Balaban J connectivity index is 1.42. The molecule has 4 nitrogen and oxygen atoms in total. The molecule has 4 aromatic rings. The summed E-state index contributed by atoms with van der Waals surface area (Å²) in [6.45, 7) is 2.84. The van der Waals surface area contributed by atoms with Gasteiger partial charge in [-0.25, -0.2) is 8.78 Å². The number of benzene rings is 4. The van der Waals surface area contributed by atoms with Crippen LogP contribution in [0.1, 0.15) is 33.9 Å². The summed E-state index contributed by atoms with van der Waals surface area (Å²) in [5, 5.41) is 0. The highest BCUT2D eigenvalue weighted by molar-refractivity contribution is 5.30. The molecule has 202 valence electrons. The van der Waals surface area contributed by atoms with Crippen LogP contribution in [0.2, 0.25) is 0 Å². The zero-order valence-electron chi connectivity index (χ0n) is 21.8. The van der Waals surface area contributed by atoms with Crippen molar-refractivity contribution < 1.29 is 27.7 Å². The van der Waals surface area contributed by atoms with Crippen LogP contribution in [-0.2, 0) is 38.8 Å². The number of halogens is 2. The van der Waals surface area contributed by atoms with Gasteiger partial charge in [0, 0.05) is 11.6 Å². The maximum absolute atomic E-state index is 15.1. The molecule has 0 spiro atoms. The van der Waals surface area contributed by atoms with E-state index in [2.05, 4.69) is 0 Å². The Morgan fingerprint density at radius 2 is 1.15 bits per heavy atom. The zero-order valence-corrected chi connectivity index (χ0v) is 21.8. The van der Waals surface area contributed by atoms with Gasteiger partial charge in [-0.2, -0.15) is 0 Å². The molecule has 5 rings (SSSR count). The van der Waals surface area contributed by atoms with E-state index < -0.39 is 36.1 Å². The average molecular weight is 531 g/mol. The predicted molar refractivity (Wildman–Crippen MR) is 145 cm³/mol. The molecule has 0 bridgehead atoms. The minimum atomic E-state index is -0.806. The molecule has 1 unspecified atom stereocenters. The summed E-state index contributed by atoms with van der Waals surface area (Å²) in [6.07, 6.45) is -2.55. The Hall–Kier alpha value is -3.42. The molecule has 0 aromatic heterocycles. The summed E-state index contributed by atoms with van der Waals surface area (Å²) in [5.74, 6) is -1.28. The van der Waals surface area contributed by atoms with Crippen LogP contribution in [-0.4, -0.2) is 24.9 Å². The molecule has 1 aliphatic heterocycles. The minimum absolute atomic E-state index is 0.220. The summed E-state index contributed by atoms with van der Waals surface area (Å²) in [4.78, 5) is 0. The molecule has 1 fully saturated rings. The average Bonchev–Trinajstić information content (AvgIpc) is 3.31. The summed E-state index contributed by atoms with van der Waals surface area (Å²) < 4.78 is 54.6. The standard InChI is InChI=1S/C33H32F2O4/c1-23-17-27(29(35)18-28(23)34)31-33(38-21-26-15-9-4-10-16-26)32(37-20-25-13-7-3-8-14-25)30(39-31)22-36-19-24-11-5-2-6-12-24/h2-18,30-33H,19-22H2,1H3/t30-,31+,32?,33+/m1/s1. The first-order valence-corrected chi connectivity index (χ1v) is 13.1. The van der Waals surface area contributed by atoms with Gasteiger partial charge in [-0.1, -0.05) is 91.0 Å². The van der Waals surface area contributed by atoms with E-state index in [0.717, 1.165) is 22.8 Å². The number of ether oxygens (including phenoxy) is 4. The molecule has 0 N–H and O–H groups in total. The third kappa shape index (κ3) is 6.97. The first kappa shape index (κ1) is 27.2. The van der Waals surface area contributed by atoms with Gasteiger partial charge in [0.15, 0.2) is 0 Å². The van der Waals surface area contributed by atoms with Crippen molar-refractivity contribution in [3.05, 3.63) is 143 Å². The number of rotatable bonds is 11. The fourth-order valence-electron chi connectivity index (χ4n) is 4.79. The van der Waals surface area contributed by atoms with Crippen molar-refractivity contribution in [2.24, 2.45) is 0 Å². The highest BCUT2D eigenvalue weighted by Crippen LogP contribution is 2.40. The van der Waals surface area contributed by atoms with E-state index in [-0.39, 0.29) is 18.8 Å². The zero-order chi connectivity index (χ0) is 27.0. The van der Waals surface area contributed by atoms with Gasteiger partial charge in [0.25, 0.3) is 0 Å². The van der Waals surface area contributed by atoms with Crippen molar-refractivity contribution in [1.29, 1.82) is 0 Å². The van der Waals surface area contributed by atoms with Gasteiger partial charge in [0.1, 0.15) is 36.1 Å². The summed E-state index contributed by atoms with van der Waals surface area (Å²) in [5.41, 5.74) is 3.58. The first-order chi connectivity index (χ1) is 19.1. The third-order valence-corrected chi connectivity index (χ3v) is 6.86. The maximum atomic E-state index is 15.1. The molecular formula is C33H32F2O4. The SMILES string of the molecule is Cc1cc([C@@H]2O[C@H](COCc3ccccc3)C(OCc3ccccc3)[C@H]2OCc2ccccc2)c(F)cc1F. The normalized spacial score (nSPS) is 20.8. The number of hydrogen-bond acceptors (Lipinski definition) is 4. The molecule has 39 heavy (non-hydrogen) atoms. The molecule has 0 amide bonds. The second kappa shape index (κ2) is 13.1. The van der Waals surface area contributed by atoms with E-state index in [1.807, 2.05) is 91.0 Å². The van der Waals surface area contributed by atoms with Gasteiger partial charge in [-0.3, -0.25) is 0 Å². The highest BCUT2D eigenvalue weighted by Gasteiger charge is 2.48. The van der Waals surface area contributed by atoms with Gasteiger partial charge >= 0.3 is 0 Å². The van der Waals surface area contributed by atoms with Crippen LogP contribution in [0.4, 0.5) is 8.78 Å². The van der Waals surface area contributed by atoms with Crippen molar-refractivity contribution in [1.82, 2.24) is 0 Å². The Labute approximate surface area is 228 Å². The van der Waals surface area contributed by atoms with Crippen LogP contribution in [0.3, 0.4) is 0 Å². The smallest absolute Gasteiger partial charge is 0.132 e. The molecule has 1 aliphatic rings. The second-order valence-corrected chi connectivity index (χ2v) is 9.74. The van der Waals surface area contributed by atoms with Gasteiger partial charge in [0.2, 0.25) is 0 Å². The Morgan fingerprint density at radius 3 is 1.72 bits per heavy atom. The monoisotopic (exact) mass is 530 g/mol. The summed E-state index contributed by atoms with van der Waals surface area (Å²) in [6, 6.07) is 31.8. The minimum Gasteiger partial charge on any atom is -0.374 e. The molecule has 1 heterocycles. The van der Waals surface area contributed by atoms with Crippen molar-refractivity contribution in [2.45, 2.75) is 51.2 Å². The summed E-state index contributed by atoms with van der Waals surface area (Å²) >= 11 is 0. The summed E-state index contributed by atoms with van der Waals surface area (Å²) in [7, 11) is 0. The molecule has 4 atom stereocenters. The molecule has 1 saturated heterocycles. The van der Waals surface area contributed by atoms with Gasteiger partial charge in [-0.05, 0) is 35.2 Å². The van der Waals surface area contributed by atoms with E-state index in [9.17, 15) is 4.39 Å². The van der Waals surface area contributed by atoms with E-state index in [1.165, 1.54) is 6.07 Å². The van der Waals surface area contributed by atoms with Crippen molar-refractivity contribution >= 4 is 0 Å². The largest absolute Gasteiger partial charge is 0.374 e. The van der Waals surface area contributed by atoms with Crippen molar-refractivity contribution in [3.8, 4) is 0 Å². The van der Waals surface area contributed by atoms with E-state index >= 15 is 4.39 Å². The molecule has 0 saturated carbocycles. The fraction of sp³-hybridized carbons (Fsp3) is 0.273. The van der Waals surface area contributed by atoms with Crippen molar-refractivity contribution in [2.75, 3.05) is 6.61 Å². The topological polar surface area (TPSA) is 36.9 Å². The van der Waals surface area contributed by atoms with Crippen LogP contribution in [0.15, 0.2) is 103 Å². The Kier molecular flexibility index (Phi) is 9.12. The molecule has 0 aliphatic carbocycles. The van der Waals surface area contributed by atoms with E-state index in [0.29, 0.717) is 18.8 Å². The fourth-order valence-corrected chi connectivity index (χ4v) is 4.79. The number of aryl methyl sites for hydroxylation is 1. The lowest BCUT2D eigenvalue weighted by Gasteiger charge is -2.25. The lowest BCUT2D eigenvalue weighted by Crippen LogP contribution is -2.38. The van der Waals surface area contributed by atoms with Crippen LogP contribution in [0, 0.1) is 18.6 Å². The molecular weight excluding hydrogens is 498 g/mol. The third-order valence-electron chi connectivity index (χ3n) is 6.86. The van der Waals surface area contributed by atoms with Crippen LogP contribution < -0.4 is 0 Å². The highest BCUT2D eigenvalue weighted by atomic mass is 19.1. The Morgan fingerprint density at radius 1 is 0.641 bits per heavy atom. The first-order valence-electron chi connectivity index (χ1n) is 13.1. The van der Waals surface area contributed by atoms with Gasteiger partial charge < -0.3 is 18.9 Å². The Bertz CT molecular complexity index is 1320. The lowest BCUT2D eigenvalue weighted by molar-refractivity contribution is -0.0898. The van der Waals surface area contributed by atoms with E-state index in [4.69, 9.17) is 18.9 Å². The van der Waals surface area contributed by atoms with Crippen LogP contribution in [0.25, 0.3) is 0 Å². The second-order valence-electron chi connectivity index (χ2n) is 9.74. The maximum Gasteiger partial charge on any atom is 0.132 e. The van der Waals surface area contributed by atoms with Crippen LogP contribution in [0.5, 0.6) is 0 Å². The van der Waals surface area contributed by atoms with Gasteiger partial charge in [0.05, 0.1) is 26.4 Å².